The third-order valence-corrected chi connectivity index (χ3v) is 3.43. The molecule has 0 bridgehead atoms. The van der Waals surface area contributed by atoms with E-state index in [0.29, 0.717) is 6.54 Å². The Balaban J connectivity index is 2.18. The summed E-state index contributed by atoms with van der Waals surface area (Å²) >= 11 is 0. The summed E-state index contributed by atoms with van der Waals surface area (Å²) in [5.74, 6) is 0.927. The summed E-state index contributed by atoms with van der Waals surface area (Å²) < 4.78 is 5.72. The predicted octanol–water partition coefficient (Wildman–Crippen LogP) is 2.68. The highest BCUT2D eigenvalue weighted by molar-refractivity contribution is 5.59. The maximum absolute atomic E-state index is 10.3. The summed E-state index contributed by atoms with van der Waals surface area (Å²) in [5.41, 5.74) is 1.00. The zero-order valence-corrected chi connectivity index (χ0v) is 11.5. The number of rotatable bonds is 2. The van der Waals surface area contributed by atoms with Gasteiger partial charge in [0.15, 0.2) is 0 Å². The van der Waals surface area contributed by atoms with E-state index < -0.39 is 0 Å². The largest absolute Gasteiger partial charge is 0.491 e. The monoisotopic (exact) mass is 249 g/mol. The number of hydrogen-bond acceptors (Lipinski definition) is 3. The lowest BCUT2D eigenvalue weighted by Crippen LogP contribution is -2.39. The first-order valence-corrected chi connectivity index (χ1v) is 6.63. The molecule has 0 saturated heterocycles. The summed E-state index contributed by atoms with van der Waals surface area (Å²) in [5, 5.41) is 10.3. The number of hydrogen-bond donors (Lipinski definition) is 1. The number of para-hydroxylation sites is 2. The molecule has 0 saturated carbocycles. The van der Waals surface area contributed by atoms with Gasteiger partial charge in [0.25, 0.3) is 0 Å². The van der Waals surface area contributed by atoms with Crippen molar-refractivity contribution in [2.45, 2.75) is 33.3 Å². The second-order valence-electron chi connectivity index (χ2n) is 6.00. The molecule has 1 aromatic carbocycles. The Bertz CT molecular complexity index is 398. The smallest absolute Gasteiger partial charge is 0.142 e. The van der Waals surface area contributed by atoms with Crippen molar-refractivity contribution in [3.05, 3.63) is 24.3 Å². The van der Waals surface area contributed by atoms with Gasteiger partial charge >= 0.3 is 0 Å². The molecule has 0 fully saturated rings. The number of aliphatic hydroxyl groups is 1. The highest BCUT2D eigenvalue weighted by Gasteiger charge is 2.26. The fourth-order valence-electron chi connectivity index (χ4n) is 2.07. The van der Waals surface area contributed by atoms with E-state index in [1.165, 1.54) is 0 Å². The van der Waals surface area contributed by atoms with Gasteiger partial charge in [0.1, 0.15) is 5.75 Å². The molecule has 100 valence electrons. The third-order valence-electron chi connectivity index (χ3n) is 3.43. The van der Waals surface area contributed by atoms with Crippen molar-refractivity contribution in [1.29, 1.82) is 0 Å². The second kappa shape index (κ2) is 5.19. The van der Waals surface area contributed by atoms with Crippen LogP contribution in [-0.2, 0) is 0 Å². The minimum atomic E-state index is -0.344. The molecule has 0 spiro atoms. The maximum Gasteiger partial charge on any atom is 0.142 e. The van der Waals surface area contributed by atoms with E-state index in [-0.39, 0.29) is 11.5 Å². The zero-order chi connectivity index (χ0) is 13.2. The van der Waals surface area contributed by atoms with Gasteiger partial charge in [-0.1, -0.05) is 32.9 Å². The molecule has 0 radical (unpaired) electrons. The van der Waals surface area contributed by atoms with Crippen molar-refractivity contribution >= 4 is 5.69 Å². The van der Waals surface area contributed by atoms with E-state index in [4.69, 9.17) is 4.74 Å². The van der Waals surface area contributed by atoms with Gasteiger partial charge in [-0.15, -0.1) is 0 Å². The van der Waals surface area contributed by atoms with E-state index in [1.807, 2.05) is 18.2 Å². The maximum atomic E-state index is 10.3. The Morgan fingerprint density at radius 3 is 2.78 bits per heavy atom. The van der Waals surface area contributed by atoms with Gasteiger partial charge in [-0.25, -0.2) is 0 Å². The lowest BCUT2D eigenvalue weighted by Gasteiger charge is -2.32. The fourth-order valence-corrected chi connectivity index (χ4v) is 2.07. The van der Waals surface area contributed by atoms with Crippen molar-refractivity contribution in [2.75, 3.05) is 24.6 Å². The Kier molecular flexibility index (Phi) is 3.81. The van der Waals surface area contributed by atoms with Crippen LogP contribution in [0.25, 0.3) is 0 Å². The van der Waals surface area contributed by atoms with Gasteiger partial charge in [-0.2, -0.15) is 0 Å². The molecule has 1 aromatic rings. The van der Waals surface area contributed by atoms with Crippen molar-refractivity contribution < 1.29 is 9.84 Å². The van der Waals surface area contributed by atoms with Crippen LogP contribution >= 0.6 is 0 Å². The average Bonchev–Trinajstić information content (AvgIpc) is 2.51. The first-order chi connectivity index (χ1) is 8.48. The molecule has 1 aliphatic heterocycles. The highest BCUT2D eigenvalue weighted by Crippen LogP contribution is 2.31. The van der Waals surface area contributed by atoms with Crippen molar-refractivity contribution in [1.82, 2.24) is 0 Å². The minimum absolute atomic E-state index is 0.0951. The quantitative estimate of drug-likeness (QED) is 0.874. The van der Waals surface area contributed by atoms with Crippen LogP contribution in [0, 0.1) is 5.41 Å². The van der Waals surface area contributed by atoms with Gasteiger partial charge in [-0.05, 0) is 24.0 Å². The van der Waals surface area contributed by atoms with Crippen LogP contribution in [0.5, 0.6) is 5.75 Å². The normalized spacial score (nSPS) is 17.7. The average molecular weight is 249 g/mol. The summed E-state index contributed by atoms with van der Waals surface area (Å²) in [4.78, 5) is 2.23. The van der Waals surface area contributed by atoms with Gasteiger partial charge in [0, 0.05) is 13.1 Å². The van der Waals surface area contributed by atoms with E-state index in [2.05, 4.69) is 31.7 Å². The molecule has 0 aliphatic carbocycles. The molecule has 2 rings (SSSR count). The molecule has 1 aliphatic rings. The standard InChI is InChI=1S/C15H23NO2/c1-15(2,3)14(17)11-16-9-6-10-18-13-8-5-4-7-12(13)16/h4-5,7-8,14,17H,6,9-11H2,1-3H3. The van der Waals surface area contributed by atoms with Crippen LogP contribution in [-0.4, -0.2) is 30.9 Å². The van der Waals surface area contributed by atoms with Crippen molar-refractivity contribution in [3.63, 3.8) is 0 Å². The number of β-amino-alcohol motifs (C(OH)–C–C–N with tert-alkyl or cyclic N) is 1. The number of anilines is 1. The summed E-state index contributed by atoms with van der Waals surface area (Å²) in [6, 6.07) is 8.07. The van der Waals surface area contributed by atoms with Crippen LogP contribution in [0.1, 0.15) is 27.2 Å². The zero-order valence-electron chi connectivity index (χ0n) is 11.5. The molecule has 18 heavy (non-hydrogen) atoms. The summed E-state index contributed by atoms with van der Waals surface area (Å²) in [6.45, 7) is 8.54. The van der Waals surface area contributed by atoms with E-state index in [0.717, 1.165) is 31.0 Å². The Morgan fingerprint density at radius 1 is 1.33 bits per heavy atom. The first kappa shape index (κ1) is 13.2. The van der Waals surface area contributed by atoms with Gasteiger partial charge in [0.05, 0.1) is 18.4 Å². The Morgan fingerprint density at radius 2 is 2.06 bits per heavy atom. The van der Waals surface area contributed by atoms with Crippen LogP contribution < -0.4 is 9.64 Å². The Labute approximate surface area is 109 Å². The summed E-state index contributed by atoms with van der Waals surface area (Å²) in [6.07, 6.45) is 0.648. The fraction of sp³-hybridized carbons (Fsp3) is 0.600. The number of ether oxygens (including phenoxy) is 1. The molecule has 1 N–H and O–H groups in total. The lowest BCUT2D eigenvalue weighted by atomic mass is 9.89. The topological polar surface area (TPSA) is 32.7 Å². The van der Waals surface area contributed by atoms with E-state index in [1.54, 1.807) is 0 Å². The lowest BCUT2D eigenvalue weighted by molar-refractivity contribution is 0.0690. The van der Waals surface area contributed by atoms with E-state index in [9.17, 15) is 5.11 Å². The third kappa shape index (κ3) is 2.96. The second-order valence-corrected chi connectivity index (χ2v) is 6.00. The number of nitrogens with zero attached hydrogens (tertiary/aromatic N) is 1. The number of fused-ring (bicyclic) bond motifs is 1. The van der Waals surface area contributed by atoms with Crippen molar-refractivity contribution in [2.24, 2.45) is 5.41 Å². The predicted molar refractivity (Wildman–Crippen MR) is 74.2 cm³/mol. The highest BCUT2D eigenvalue weighted by atomic mass is 16.5. The van der Waals surface area contributed by atoms with Crippen LogP contribution in [0.2, 0.25) is 0 Å². The Hall–Kier alpha value is -1.22. The molecule has 0 aromatic heterocycles. The molecule has 3 heteroatoms. The molecular weight excluding hydrogens is 226 g/mol. The molecule has 0 amide bonds. The SMILES string of the molecule is CC(C)(C)C(O)CN1CCCOc2ccccc21. The molecular formula is C15H23NO2. The van der Waals surface area contributed by atoms with Crippen LogP contribution in [0.15, 0.2) is 24.3 Å². The molecule has 1 unspecified atom stereocenters. The minimum Gasteiger partial charge on any atom is -0.491 e. The van der Waals surface area contributed by atoms with Gasteiger partial charge in [0.2, 0.25) is 0 Å². The molecule has 3 nitrogen and oxygen atoms in total. The first-order valence-electron chi connectivity index (χ1n) is 6.63. The van der Waals surface area contributed by atoms with Crippen molar-refractivity contribution in [3.8, 4) is 5.75 Å². The molecule has 1 atom stereocenters. The van der Waals surface area contributed by atoms with Gasteiger partial charge < -0.3 is 14.7 Å². The van der Waals surface area contributed by atoms with Crippen LogP contribution in [0.3, 0.4) is 0 Å². The summed E-state index contributed by atoms with van der Waals surface area (Å²) in [7, 11) is 0. The number of aliphatic hydroxyl groups excluding tert-OH is 1. The van der Waals surface area contributed by atoms with E-state index >= 15 is 0 Å². The van der Waals surface area contributed by atoms with Gasteiger partial charge in [-0.3, -0.25) is 0 Å². The van der Waals surface area contributed by atoms with Crippen LogP contribution in [0.4, 0.5) is 5.69 Å². The molecule has 1 heterocycles. The number of benzene rings is 1.